The van der Waals surface area contributed by atoms with E-state index < -0.39 is 78.2 Å². The summed E-state index contributed by atoms with van der Waals surface area (Å²) in [4.78, 5) is 92.6. The van der Waals surface area contributed by atoms with Gasteiger partial charge >= 0.3 is 12.0 Å². The molecule has 16 heteroatoms. The molecule has 0 unspecified atom stereocenters. The summed E-state index contributed by atoms with van der Waals surface area (Å²) >= 11 is 0. The number of benzene rings is 2. The topological polar surface area (TPSA) is 249 Å². The molecule has 1 heterocycles. The Hall–Kier alpha value is -5.51. The minimum absolute atomic E-state index is 0.0211. The average molecular weight is 738 g/mol. The Morgan fingerprint density at radius 1 is 0.792 bits per heavy atom. The van der Waals surface area contributed by atoms with Crippen LogP contribution in [0.2, 0.25) is 0 Å². The van der Waals surface area contributed by atoms with Gasteiger partial charge in [-0.05, 0) is 42.7 Å². The van der Waals surface area contributed by atoms with Crippen LogP contribution in [0.25, 0.3) is 0 Å². The molecule has 1 aliphatic heterocycles. The Morgan fingerprint density at radius 2 is 1.34 bits per heavy atom. The van der Waals surface area contributed by atoms with E-state index in [1.165, 1.54) is 4.90 Å². The Kier molecular flexibility index (Phi) is 16.7. The Bertz CT molecular complexity index is 1560. The van der Waals surface area contributed by atoms with Crippen LogP contribution in [0.3, 0.4) is 0 Å². The molecule has 0 aromatic heterocycles. The van der Waals surface area contributed by atoms with Crippen LogP contribution < -0.4 is 32.3 Å². The normalized spacial score (nSPS) is 16.1. The summed E-state index contributed by atoms with van der Waals surface area (Å²) in [6.45, 7) is 4.17. The maximum Gasteiger partial charge on any atom is 0.315 e. The van der Waals surface area contributed by atoms with Crippen LogP contribution >= 0.6 is 0 Å². The van der Waals surface area contributed by atoms with Crippen molar-refractivity contribution in [2.24, 2.45) is 11.7 Å². The fraction of sp³-hybridized carbons (Fsp3) is 0.486. The van der Waals surface area contributed by atoms with E-state index in [2.05, 4.69) is 26.6 Å². The second kappa shape index (κ2) is 21.1. The number of urea groups is 1. The van der Waals surface area contributed by atoms with Gasteiger partial charge in [-0.25, -0.2) is 4.79 Å². The van der Waals surface area contributed by atoms with Gasteiger partial charge in [0.05, 0.1) is 6.42 Å². The molecule has 0 aliphatic carbocycles. The van der Waals surface area contributed by atoms with Crippen molar-refractivity contribution in [2.75, 3.05) is 19.7 Å². The number of nitrogens with one attached hydrogen (secondary N) is 5. The van der Waals surface area contributed by atoms with Crippen molar-refractivity contribution in [1.29, 1.82) is 0 Å². The lowest BCUT2D eigenvalue weighted by Gasteiger charge is -2.31. The quantitative estimate of drug-likeness (QED) is 0.0849. The third-order valence-electron chi connectivity index (χ3n) is 8.64. The van der Waals surface area contributed by atoms with Gasteiger partial charge in [-0.2, -0.15) is 0 Å². The van der Waals surface area contributed by atoms with Crippen molar-refractivity contribution < 1.29 is 43.8 Å². The first-order chi connectivity index (χ1) is 25.3. The zero-order valence-corrected chi connectivity index (χ0v) is 30.1. The second-order valence-electron chi connectivity index (χ2n) is 13.4. The van der Waals surface area contributed by atoms with Crippen molar-refractivity contribution in [3.8, 4) is 0 Å². The predicted molar refractivity (Wildman–Crippen MR) is 194 cm³/mol. The highest BCUT2D eigenvalue weighted by Gasteiger charge is 2.39. The molecule has 2 aromatic rings. The maximum absolute atomic E-state index is 14.0. The number of aliphatic hydroxyl groups is 1. The fourth-order valence-corrected chi connectivity index (χ4v) is 6.01. The van der Waals surface area contributed by atoms with E-state index in [0.29, 0.717) is 36.8 Å². The standard InChI is InChI=1S/C37H51N7O9/c1-23(2)19-29(43-37(53)39-16-10-18-45)36(52)44-17-9-15-30(44)35(51)42-28(21-25-13-7-4-8-14-25)34(50)41-27(20-24-11-5-3-6-12-24)33(49)40-26(32(38)48)22-31(46)47/h3-8,11-14,23,26-30,45H,9-10,15-22H2,1-2H3,(H2,38,48)(H,40,49)(H,41,50)(H,42,51)(H,46,47)(H2,39,43,53)/t26-,27-,28-,29-,30-/m0/s1. The van der Waals surface area contributed by atoms with Crippen LogP contribution in [0, 0.1) is 5.92 Å². The van der Waals surface area contributed by atoms with Crippen LogP contribution in [0.5, 0.6) is 0 Å². The summed E-state index contributed by atoms with van der Waals surface area (Å²) in [5, 5.41) is 31.4. The number of carboxylic acid groups (broad SMARTS) is 1. The molecule has 1 fully saturated rings. The number of carbonyl (C=O) groups excluding carboxylic acids is 6. The molecular formula is C37H51N7O9. The van der Waals surface area contributed by atoms with Gasteiger partial charge < -0.3 is 47.4 Å². The number of hydrogen-bond donors (Lipinski definition) is 8. The number of rotatable bonds is 20. The molecule has 16 nitrogen and oxygen atoms in total. The molecule has 2 aromatic carbocycles. The number of likely N-dealkylation sites (tertiary alicyclic amines) is 1. The molecule has 0 bridgehead atoms. The predicted octanol–water partition coefficient (Wildman–Crippen LogP) is -0.0265. The third-order valence-corrected chi connectivity index (χ3v) is 8.64. The van der Waals surface area contributed by atoms with Gasteiger partial charge in [0.1, 0.15) is 30.2 Å². The Balaban J connectivity index is 1.85. The van der Waals surface area contributed by atoms with Crippen LogP contribution in [-0.2, 0) is 41.6 Å². The number of nitrogens with zero attached hydrogens (tertiary/aromatic N) is 1. The number of carboxylic acids is 1. The molecule has 3 rings (SSSR count). The average Bonchev–Trinajstić information content (AvgIpc) is 3.61. The number of carbonyl (C=O) groups is 7. The Morgan fingerprint density at radius 3 is 1.85 bits per heavy atom. The van der Waals surface area contributed by atoms with Gasteiger partial charge in [-0.15, -0.1) is 0 Å². The van der Waals surface area contributed by atoms with E-state index in [1.54, 1.807) is 60.7 Å². The van der Waals surface area contributed by atoms with E-state index >= 15 is 0 Å². The summed E-state index contributed by atoms with van der Waals surface area (Å²) < 4.78 is 0. The monoisotopic (exact) mass is 737 g/mol. The summed E-state index contributed by atoms with van der Waals surface area (Å²) in [6.07, 6.45) is 0.693. The number of aliphatic hydroxyl groups excluding tert-OH is 1. The van der Waals surface area contributed by atoms with Crippen LogP contribution in [-0.4, -0.2) is 107 Å². The van der Waals surface area contributed by atoms with Gasteiger partial charge in [-0.3, -0.25) is 28.8 Å². The lowest BCUT2D eigenvalue weighted by atomic mass is 10.0. The van der Waals surface area contributed by atoms with E-state index in [0.717, 1.165) is 0 Å². The van der Waals surface area contributed by atoms with E-state index in [1.807, 2.05) is 13.8 Å². The van der Waals surface area contributed by atoms with Crippen LogP contribution in [0.15, 0.2) is 60.7 Å². The highest BCUT2D eigenvalue weighted by Crippen LogP contribution is 2.21. The van der Waals surface area contributed by atoms with Gasteiger partial charge in [0.25, 0.3) is 0 Å². The number of amides is 7. The van der Waals surface area contributed by atoms with E-state index in [9.17, 15) is 38.7 Å². The lowest BCUT2D eigenvalue weighted by molar-refractivity contribution is -0.141. The van der Waals surface area contributed by atoms with Crippen molar-refractivity contribution in [2.45, 2.75) is 89.0 Å². The summed E-state index contributed by atoms with van der Waals surface area (Å²) in [7, 11) is 0. The molecule has 0 saturated carbocycles. The maximum atomic E-state index is 14.0. The first-order valence-corrected chi connectivity index (χ1v) is 17.7. The second-order valence-corrected chi connectivity index (χ2v) is 13.4. The van der Waals surface area contributed by atoms with Crippen LogP contribution in [0.1, 0.15) is 57.1 Å². The molecular weight excluding hydrogens is 686 g/mol. The molecule has 53 heavy (non-hydrogen) atoms. The third kappa shape index (κ3) is 13.9. The number of primary amides is 1. The van der Waals surface area contributed by atoms with Gasteiger partial charge in [0, 0.05) is 32.5 Å². The van der Waals surface area contributed by atoms with Gasteiger partial charge in [0.2, 0.25) is 29.5 Å². The van der Waals surface area contributed by atoms with Crippen molar-refractivity contribution in [3.63, 3.8) is 0 Å². The van der Waals surface area contributed by atoms with E-state index in [-0.39, 0.29) is 38.5 Å². The van der Waals surface area contributed by atoms with Crippen molar-refractivity contribution in [3.05, 3.63) is 71.8 Å². The minimum Gasteiger partial charge on any atom is -0.481 e. The fourth-order valence-electron chi connectivity index (χ4n) is 6.01. The lowest BCUT2D eigenvalue weighted by Crippen LogP contribution is -2.59. The smallest absolute Gasteiger partial charge is 0.315 e. The van der Waals surface area contributed by atoms with Gasteiger partial charge in [0.15, 0.2) is 0 Å². The van der Waals surface area contributed by atoms with Crippen LogP contribution in [0.4, 0.5) is 4.79 Å². The van der Waals surface area contributed by atoms with Gasteiger partial charge in [-0.1, -0.05) is 74.5 Å². The highest BCUT2D eigenvalue weighted by atomic mass is 16.4. The molecule has 1 aliphatic rings. The number of nitrogens with two attached hydrogens (primary N) is 1. The Labute approximate surface area is 308 Å². The largest absolute Gasteiger partial charge is 0.481 e. The minimum atomic E-state index is -1.54. The zero-order valence-electron chi connectivity index (χ0n) is 30.1. The van der Waals surface area contributed by atoms with E-state index in [4.69, 9.17) is 10.8 Å². The highest BCUT2D eigenvalue weighted by molar-refractivity contribution is 5.97. The number of hydrogen-bond acceptors (Lipinski definition) is 8. The molecule has 0 radical (unpaired) electrons. The molecule has 288 valence electrons. The summed E-state index contributed by atoms with van der Waals surface area (Å²) in [5.74, 6) is -5.03. The van der Waals surface area contributed by atoms with Crippen molar-refractivity contribution in [1.82, 2.24) is 31.5 Å². The summed E-state index contributed by atoms with van der Waals surface area (Å²) in [6, 6.07) is 11.0. The summed E-state index contributed by atoms with van der Waals surface area (Å²) in [5.41, 5.74) is 6.69. The first kappa shape index (κ1) is 41.9. The molecule has 7 amide bonds. The zero-order chi connectivity index (χ0) is 38.9. The number of aliphatic carboxylic acids is 1. The molecule has 1 saturated heterocycles. The first-order valence-electron chi connectivity index (χ1n) is 17.7. The molecule has 5 atom stereocenters. The SMILES string of the molecule is CC(C)C[C@H](NC(=O)NCCCO)C(=O)N1CCC[C@H]1C(=O)N[C@@H](Cc1ccccc1)C(=O)N[C@@H](Cc1ccccc1)C(=O)N[C@@H](CC(=O)O)C(N)=O. The van der Waals surface area contributed by atoms with Crippen molar-refractivity contribution >= 4 is 41.5 Å². The molecule has 0 spiro atoms. The molecule has 9 N–H and O–H groups in total.